The van der Waals surface area contributed by atoms with Gasteiger partial charge in [-0.15, -0.1) is 0 Å². The fourth-order valence-corrected chi connectivity index (χ4v) is 2.59. The number of fused-ring (bicyclic) bond motifs is 1. The van der Waals surface area contributed by atoms with Gasteiger partial charge in [-0.2, -0.15) is 5.10 Å². The Labute approximate surface area is 130 Å². The van der Waals surface area contributed by atoms with Gasteiger partial charge in [-0.3, -0.25) is 10.1 Å². The molecule has 22 heavy (non-hydrogen) atoms. The predicted octanol–water partition coefficient (Wildman–Crippen LogP) is 3.55. The number of non-ortho nitro benzene ring substituents is 1. The second-order valence-electron chi connectivity index (χ2n) is 4.50. The molecule has 0 amide bonds. The van der Waals surface area contributed by atoms with Crippen LogP contribution in [0.15, 0.2) is 58.8 Å². The summed E-state index contributed by atoms with van der Waals surface area (Å²) >= 11 is 1.49. The molecule has 110 valence electrons. The minimum Gasteiger partial charge on any atom is -0.258 e. The van der Waals surface area contributed by atoms with E-state index in [1.807, 2.05) is 30.5 Å². The van der Waals surface area contributed by atoms with Crippen molar-refractivity contribution >= 4 is 34.7 Å². The Morgan fingerprint density at radius 3 is 2.86 bits per heavy atom. The minimum atomic E-state index is -0.419. The minimum absolute atomic E-state index is 0.0459. The van der Waals surface area contributed by atoms with Crippen LogP contribution in [0.3, 0.4) is 0 Å². The smallest absolute Gasteiger partial charge is 0.258 e. The van der Waals surface area contributed by atoms with Gasteiger partial charge in [-0.1, -0.05) is 36.0 Å². The highest BCUT2D eigenvalue weighted by Gasteiger charge is 2.08. The van der Waals surface area contributed by atoms with Crippen LogP contribution in [-0.4, -0.2) is 27.1 Å². The summed E-state index contributed by atoms with van der Waals surface area (Å²) in [4.78, 5) is 14.9. The summed E-state index contributed by atoms with van der Waals surface area (Å²) in [5.74, 6) is 0. The van der Waals surface area contributed by atoms with Crippen LogP contribution in [0.1, 0.15) is 5.56 Å². The number of rotatable bonds is 4. The van der Waals surface area contributed by atoms with Crippen molar-refractivity contribution in [1.82, 2.24) is 9.66 Å². The first-order chi connectivity index (χ1) is 10.7. The number of nitro groups is 1. The number of thioether (sulfide) groups is 1. The van der Waals surface area contributed by atoms with Crippen molar-refractivity contribution in [3.8, 4) is 0 Å². The Bertz CT molecular complexity index is 873. The highest BCUT2D eigenvalue weighted by atomic mass is 32.2. The van der Waals surface area contributed by atoms with Gasteiger partial charge in [0.2, 0.25) is 0 Å². The largest absolute Gasteiger partial charge is 0.270 e. The van der Waals surface area contributed by atoms with Gasteiger partial charge in [-0.05, 0) is 18.4 Å². The van der Waals surface area contributed by atoms with E-state index in [0.29, 0.717) is 5.56 Å². The average molecular weight is 312 g/mol. The van der Waals surface area contributed by atoms with Crippen LogP contribution < -0.4 is 0 Å². The first kappa shape index (κ1) is 14.3. The van der Waals surface area contributed by atoms with Crippen LogP contribution in [0.4, 0.5) is 5.69 Å². The molecule has 0 unspecified atom stereocenters. The number of nitro benzene ring substituents is 1. The molecule has 1 heterocycles. The van der Waals surface area contributed by atoms with Crippen molar-refractivity contribution in [2.45, 2.75) is 5.16 Å². The van der Waals surface area contributed by atoms with Crippen LogP contribution in [0.2, 0.25) is 0 Å². The number of hydrogen-bond donors (Lipinski definition) is 0. The number of benzene rings is 2. The van der Waals surface area contributed by atoms with Gasteiger partial charge in [0.25, 0.3) is 5.69 Å². The lowest BCUT2D eigenvalue weighted by molar-refractivity contribution is -0.384. The predicted molar refractivity (Wildman–Crippen MR) is 87.6 cm³/mol. The van der Waals surface area contributed by atoms with Crippen molar-refractivity contribution in [2.75, 3.05) is 6.26 Å². The molecule has 1 aromatic heterocycles. The van der Waals surface area contributed by atoms with E-state index >= 15 is 0 Å². The number of aromatic nitrogens is 2. The van der Waals surface area contributed by atoms with Crippen LogP contribution in [0, 0.1) is 10.1 Å². The Balaban J connectivity index is 2.02. The first-order valence-corrected chi connectivity index (χ1v) is 7.72. The molecule has 6 nitrogen and oxygen atoms in total. The van der Waals surface area contributed by atoms with Crippen LogP contribution in [0.25, 0.3) is 11.0 Å². The molecule has 0 bridgehead atoms. The van der Waals surface area contributed by atoms with E-state index in [-0.39, 0.29) is 5.69 Å². The quantitative estimate of drug-likeness (QED) is 0.319. The second kappa shape index (κ2) is 5.98. The van der Waals surface area contributed by atoms with E-state index < -0.39 is 4.92 Å². The van der Waals surface area contributed by atoms with Crippen molar-refractivity contribution < 1.29 is 4.92 Å². The Morgan fingerprint density at radius 2 is 2.09 bits per heavy atom. The van der Waals surface area contributed by atoms with Crippen LogP contribution >= 0.6 is 11.8 Å². The SMILES string of the molecule is CSc1nc2ccccc2n1N=Cc1cccc([N+](=O)[O-])c1. The molecule has 2 aromatic carbocycles. The highest BCUT2D eigenvalue weighted by Crippen LogP contribution is 2.22. The van der Waals surface area contributed by atoms with E-state index in [2.05, 4.69) is 10.1 Å². The van der Waals surface area contributed by atoms with E-state index in [0.717, 1.165) is 16.2 Å². The van der Waals surface area contributed by atoms with E-state index in [9.17, 15) is 10.1 Å². The molecule has 0 aliphatic rings. The molecule has 0 aliphatic heterocycles. The molecule has 0 radical (unpaired) electrons. The van der Waals surface area contributed by atoms with Crippen LogP contribution in [0.5, 0.6) is 0 Å². The van der Waals surface area contributed by atoms with Gasteiger partial charge < -0.3 is 0 Å². The highest BCUT2D eigenvalue weighted by molar-refractivity contribution is 7.98. The second-order valence-corrected chi connectivity index (χ2v) is 5.27. The van der Waals surface area contributed by atoms with Crippen molar-refractivity contribution in [3.63, 3.8) is 0 Å². The molecule has 0 aliphatic carbocycles. The zero-order valence-corrected chi connectivity index (χ0v) is 12.5. The zero-order valence-electron chi connectivity index (χ0n) is 11.7. The van der Waals surface area contributed by atoms with E-state index in [1.165, 1.54) is 23.9 Å². The molecule has 0 spiro atoms. The lowest BCUT2D eigenvalue weighted by Crippen LogP contribution is -1.94. The number of para-hydroxylation sites is 2. The lowest BCUT2D eigenvalue weighted by Gasteiger charge is -2.00. The van der Waals surface area contributed by atoms with Gasteiger partial charge in [0.05, 0.1) is 22.2 Å². The monoisotopic (exact) mass is 312 g/mol. The van der Waals surface area contributed by atoms with Gasteiger partial charge in [0, 0.05) is 17.7 Å². The fourth-order valence-electron chi connectivity index (χ4n) is 2.08. The summed E-state index contributed by atoms with van der Waals surface area (Å²) in [6, 6.07) is 14.1. The summed E-state index contributed by atoms with van der Waals surface area (Å²) in [5.41, 5.74) is 2.47. The normalized spacial score (nSPS) is 11.3. The Hall–Kier alpha value is -2.67. The maximum absolute atomic E-state index is 10.8. The topological polar surface area (TPSA) is 73.3 Å². The molecule has 3 aromatic rings. The van der Waals surface area contributed by atoms with Crippen LogP contribution in [-0.2, 0) is 0 Å². The summed E-state index contributed by atoms with van der Waals surface area (Å²) in [7, 11) is 0. The van der Waals surface area contributed by atoms with Crippen molar-refractivity contribution in [3.05, 3.63) is 64.2 Å². The lowest BCUT2D eigenvalue weighted by atomic mass is 10.2. The van der Waals surface area contributed by atoms with Gasteiger partial charge in [0.15, 0.2) is 5.16 Å². The zero-order chi connectivity index (χ0) is 15.5. The third kappa shape index (κ3) is 2.71. The van der Waals surface area contributed by atoms with Gasteiger partial charge in [0.1, 0.15) is 0 Å². The molecule has 0 fully saturated rings. The molecule has 0 atom stereocenters. The maximum Gasteiger partial charge on any atom is 0.270 e. The maximum atomic E-state index is 10.8. The third-order valence-corrected chi connectivity index (χ3v) is 3.72. The molecule has 0 saturated carbocycles. The number of hydrogen-bond acceptors (Lipinski definition) is 5. The van der Waals surface area contributed by atoms with Crippen molar-refractivity contribution in [1.29, 1.82) is 0 Å². The fraction of sp³-hybridized carbons (Fsp3) is 0.0667. The van der Waals surface area contributed by atoms with Crippen molar-refractivity contribution in [2.24, 2.45) is 5.10 Å². The number of imidazole rings is 1. The van der Waals surface area contributed by atoms with E-state index in [1.54, 1.807) is 23.0 Å². The van der Waals surface area contributed by atoms with Gasteiger partial charge >= 0.3 is 0 Å². The standard InChI is InChI=1S/C15H12N4O2S/c1-22-15-17-13-7-2-3-8-14(13)18(15)16-10-11-5-4-6-12(9-11)19(20)21/h2-10H,1H3. The molecule has 7 heteroatoms. The summed E-state index contributed by atoms with van der Waals surface area (Å²) in [6.45, 7) is 0. The Morgan fingerprint density at radius 1 is 1.27 bits per heavy atom. The molecular weight excluding hydrogens is 300 g/mol. The molecule has 3 rings (SSSR count). The Kier molecular flexibility index (Phi) is 3.88. The third-order valence-electron chi connectivity index (χ3n) is 3.09. The summed E-state index contributed by atoms with van der Waals surface area (Å²) < 4.78 is 1.73. The van der Waals surface area contributed by atoms with E-state index in [4.69, 9.17) is 0 Å². The van der Waals surface area contributed by atoms with Gasteiger partial charge in [-0.25, -0.2) is 9.66 Å². The average Bonchev–Trinajstić information content (AvgIpc) is 2.91. The summed E-state index contributed by atoms with van der Waals surface area (Å²) in [5, 5.41) is 16.0. The molecular formula is C15H12N4O2S. The number of nitrogens with zero attached hydrogens (tertiary/aromatic N) is 4. The molecule has 0 saturated heterocycles. The first-order valence-electron chi connectivity index (χ1n) is 6.49. The molecule has 0 N–H and O–H groups in total. The summed E-state index contributed by atoms with van der Waals surface area (Å²) in [6.07, 6.45) is 3.53.